The number of ether oxygens (including phenoxy) is 2. The van der Waals surface area contributed by atoms with E-state index in [9.17, 15) is 0 Å². The number of pyridine rings is 1. The van der Waals surface area contributed by atoms with Crippen LogP contribution in [0.15, 0.2) is 12.3 Å². The van der Waals surface area contributed by atoms with E-state index in [1.807, 2.05) is 0 Å². The molecule has 1 saturated carbocycles. The molecule has 0 spiro atoms. The monoisotopic (exact) mass is 208 g/mol. The maximum absolute atomic E-state index is 5.76. The first kappa shape index (κ1) is 10.2. The highest BCUT2D eigenvalue weighted by Crippen LogP contribution is 2.24. The van der Waals surface area contributed by atoms with E-state index in [4.69, 9.17) is 15.2 Å². The summed E-state index contributed by atoms with van der Waals surface area (Å²) in [6, 6.07) is 1.80. The van der Waals surface area contributed by atoms with Crippen molar-refractivity contribution in [1.82, 2.24) is 4.98 Å². The number of nitrogen functional groups attached to an aromatic ring is 1. The fraction of sp³-hybridized carbons (Fsp3) is 0.545. The Morgan fingerprint density at radius 3 is 2.87 bits per heavy atom. The van der Waals surface area contributed by atoms with Gasteiger partial charge < -0.3 is 15.2 Å². The number of rotatable bonds is 4. The molecule has 2 N–H and O–H groups in total. The van der Waals surface area contributed by atoms with Crippen molar-refractivity contribution < 1.29 is 9.47 Å². The van der Waals surface area contributed by atoms with Crippen LogP contribution in [0.3, 0.4) is 0 Å². The third kappa shape index (κ3) is 2.39. The van der Waals surface area contributed by atoms with Crippen molar-refractivity contribution in [3.8, 4) is 5.75 Å². The summed E-state index contributed by atoms with van der Waals surface area (Å²) in [5.74, 6) is 0.613. The summed E-state index contributed by atoms with van der Waals surface area (Å²) < 4.78 is 10.7. The van der Waals surface area contributed by atoms with Gasteiger partial charge in [0.2, 0.25) is 0 Å². The van der Waals surface area contributed by atoms with Crippen LogP contribution in [0.2, 0.25) is 0 Å². The molecule has 1 fully saturated rings. The Labute approximate surface area is 89.4 Å². The van der Waals surface area contributed by atoms with Gasteiger partial charge in [-0.2, -0.15) is 0 Å². The molecule has 0 bridgehead atoms. The number of methoxy groups -OCH3 is 1. The van der Waals surface area contributed by atoms with Crippen LogP contribution in [0.4, 0.5) is 5.69 Å². The molecule has 4 heteroatoms. The first-order valence-electron chi connectivity index (χ1n) is 5.19. The molecule has 0 saturated heterocycles. The van der Waals surface area contributed by atoms with E-state index < -0.39 is 0 Å². The average Bonchev–Trinajstić information content (AvgIpc) is 2.16. The van der Waals surface area contributed by atoms with Gasteiger partial charge in [-0.05, 0) is 25.3 Å². The van der Waals surface area contributed by atoms with E-state index in [2.05, 4.69) is 4.98 Å². The first-order chi connectivity index (χ1) is 7.29. The Morgan fingerprint density at radius 1 is 1.53 bits per heavy atom. The van der Waals surface area contributed by atoms with E-state index in [0.717, 1.165) is 5.69 Å². The van der Waals surface area contributed by atoms with Gasteiger partial charge in [0.25, 0.3) is 0 Å². The molecule has 1 aliphatic carbocycles. The molecular formula is C11H16N2O2. The minimum absolute atomic E-state index is 0.426. The van der Waals surface area contributed by atoms with Crippen LogP contribution >= 0.6 is 0 Å². The maximum atomic E-state index is 5.76. The average molecular weight is 208 g/mol. The van der Waals surface area contributed by atoms with Crippen LogP contribution in [0.5, 0.6) is 5.75 Å². The number of nitrogens with zero attached hydrogens (tertiary/aromatic N) is 1. The van der Waals surface area contributed by atoms with Crippen LogP contribution in [0.25, 0.3) is 0 Å². The summed E-state index contributed by atoms with van der Waals surface area (Å²) in [5, 5.41) is 0. The summed E-state index contributed by atoms with van der Waals surface area (Å²) in [6.45, 7) is 0.541. The molecule has 15 heavy (non-hydrogen) atoms. The van der Waals surface area contributed by atoms with Crippen molar-refractivity contribution in [2.75, 3.05) is 12.8 Å². The smallest absolute Gasteiger partial charge is 0.160 e. The zero-order chi connectivity index (χ0) is 10.7. The molecule has 4 nitrogen and oxygen atoms in total. The molecule has 0 amide bonds. The molecular weight excluding hydrogens is 192 g/mol. The second-order valence-electron chi connectivity index (χ2n) is 3.78. The predicted octanol–water partition coefficient (Wildman–Crippen LogP) is 1.74. The second kappa shape index (κ2) is 4.49. The topological polar surface area (TPSA) is 57.4 Å². The Morgan fingerprint density at radius 2 is 2.33 bits per heavy atom. The molecule has 1 aromatic rings. The lowest BCUT2D eigenvalue weighted by molar-refractivity contribution is -0.0101. The lowest BCUT2D eigenvalue weighted by atomic mass is 9.96. The summed E-state index contributed by atoms with van der Waals surface area (Å²) in [7, 11) is 1.58. The number of hydrogen-bond acceptors (Lipinski definition) is 4. The molecule has 0 aromatic carbocycles. The van der Waals surface area contributed by atoms with Gasteiger partial charge in [-0.1, -0.05) is 0 Å². The minimum atomic E-state index is 0.426. The van der Waals surface area contributed by atoms with Crippen molar-refractivity contribution in [2.24, 2.45) is 0 Å². The Hall–Kier alpha value is -1.29. The number of nitrogens with two attached hydrogens (primary N) is 1. The molecule has 0 radical (unpaired) electrons. The first-order valence-corrected chi connectivity index (χ1v) is 5.19. The van der Waals surface area contributed by atoms with Crippen LogP contribution in [-0.2, 0) is 11.3 Å². The third-order valence-electron chi connectivity index (χ3n) is 2.69. The summed E-state index contributed by atoms with van der Waals surface area (Å²) >= 11 is 0. The van der Waals surface area contributed by atoms with E-state index in [-0.39, 0.29) is 0 Å². The molecule has 1 aromatic heterocycles. The van der Waals surface area contributed by atoms with Crippen molar-refractivity contribution in [2.45, 2.75) is 32.0 Å². The third-order valence-corrected chi connectivity index (χ3v) is 2.69. The molecule has 0 unspecified atom stereocenters. The number of aromatic nitrogens is 1. The SMILES string of the molecule is COc1cnc(COC2CCC2)cc1N. The molecule has 1 heterocycles. The van der Waals surface area contributed by atoms with Crippen molar-refractivity contribution in [3.63, 3.8) is 0 Å². The van der Waals surface area contributed by atoms with Gasteiger partial charge in [0.1, 0.15) is 0 Å². The van der Waals surface area contributed by atoms with Crippen LogP contribution in [-0.4, -0.2) is 18.2 Å². The standard InChI is InChI=1S/C11H16N2O2/c1-14-11-6-13-8(5-10(11)12)7-15-9-3-2-4-9/h5-6,9H,2-4,7H2,1H3,(H2,12,13). The van der Waals surface area contributed by atoms with Crippen molar-refractivity contribution >= 4 is 5.69 Å². The Balaban J connectivity index is 1.93. The molecule has 82 valence electrons. The quantitative estimate of drug-likeness (QED) is 0.818. The molecule has 1 aliphatic rings. The van der Waals surface area contributed by atoms with Crippen LogP contribution in [0, 0.1) is 0 Å². The fourth-order valence-electron chi connectivity index (χ4n) is 1.49. The lowest BCUT2D eigenvalue weighted by Crippen LogP contribution is -2.21. The van der Waals surface area contributed by atoms with Gasteiger partial charge in [0.15, 0.2) is 5.75 Å². The largest absolute Gasteiger partial charge is 0.493 e. The van der Waals surface area contributed by atoms with Gasteiger partial charge in [-0.25, -0.2) is 0 Å². The van der Waals surface area contributed by atoms with Crippen molar-refractivity contribution in [1.29, 1.82) is 0 Å². The minimum Gasteiger partial charge on any atom is -0.493 e. The van der Waals surface area contributed by atoms with Gasteiger partial charge in [-0.15, -0.1) is 0 Å². The zero-order valence-corrected chi connectivity index (χ0v) is 8.90. The Kier molecular flexibility index (Phi) is 3.06. The summed E-state index contributed by atoms with van der Waals surface area (Å²) in [5.41, 5.74) is 7.24. The summed E-state index contributed by atoms with van der Waals surface area (Å²) in [6.07, 6.45) is 5.68. The van der Waals surface area contributed by atoms with E-state index in [0.29, 0.717) is 24.1 Å². The van der Waals surface area contributed by atoms with Crippen molar-refractivity contribution in [3.05, 3.63) is 18.0 Å². The van der Waals surface area contributed by atoms with Gasteiger partial charge in [0.05, 0.1) is 37.4 Å². The zero-order valence-electron chi connectivity index (χ0n) is 8.90. The predicted molar refractivity (Wildman–Crippen MR) is 57.6 cm³/mol. The normalized spacial score (nSPS) is 16.1. The van der Waals surface area contributed by atoms with Crippen LogP contribution < -0.4 is 10.5 Å². The highest BCUT2D eigenvalue weighted by atomic mass is 16.5. The fourth-order valence-corrected chi connectivity index (χ4v) is 1.49. The van der Waals surface area contributed by atoms with E-state index in [1.165, 1.54) is 19.3 Å². The molecule has 0 aliphatic heterocycles. The van der Waals surface area contributed by atoms with Crippen LogP contribution in [0.1, 0.15) is 25.0 Å². The number of hydrogen-bond donors (Lipinski definition) is 1. The number of anilines is 1. The maximum Gasteiger partial charge on any atom is 0.160 e. The second-order valence-corrected chi connectivity index (χ2v) is 3.78. The van der Waals surface area contributed by atoms with E-state index in [1.54, 1.807) is 19.4 Å². The Bertz CT molecular complexity index is 337. The van der Waals surface area contributed by atoms with Gasteiger partial charge >= 0.3 is 0 Å². The van der Waals surface area contributed by atoms with E-state index >= 15 is 0 Å². The lowest BCUT2D eigenvalue weighted by Gasteiger charge is -2.25. The highest BCUT2D eigenvalue weighted by Gasteiger charge is 2.17. The van der Waals surface area contributed by atoms with Gasteiger partial charge in [0, 0.05) is 0 Å². The summed E-state index contributed by atoms with van der Waals surface area (Å²) in [4.78, 5) is 4.21. The highest BCUT2D eigenvalue weighted by molar-refractivity contribution is 5.51. The molecule has 0 atom stereocenters. The molecule has 2 rings (SSSR count). The van der Waals surface area contributed by atoms with Gasteiger partial charge in [-0.3, -0.25) is 4.98 Å².